The molecular formula is C18H21N5O3. The largest absolute Gasteiger partial charge is 0.481 e. The highest BCUT2D eigenvalue weighted by atomic mass is 16.4. The van der Waals surface area contributed by atoms with Crippen LogP contribution in [0.1, 0.15) is 16.9 Å². The molecule has 3 rings (SSSR count). The van der Waals surface area contributed by atoms with Crippen molar-refractivity contribution in [3.63, 3.8) is 0 Å². The third-order valence-corrected chi connectivity index (χ3v) is 4.22. The van der Waals surface area contributed by atoms with Crippen molar-refractivity contribution < 1.29 is 14.7 Å². The highest BCUT2D eigenvalue weighted by Crippen LogP contribution is 2.18. The molecule has 1 fully saturated rings. The molecule has 8 nitrogen and oxygen atoms in total. The van der Waals surface area contributed by atoms with Crippen molar-refractivity contribution in [3.8, 4) is 0 Å². The van der Waals surface area contributed by atoms with Gasteiger partial charge in [-0.05, 0) is 24.3 Å². The van der Waals surface area contributed by atoms with Gasteiger partial charge in [-0.25, -0.2) is 4.98 Å². The van der Waals surface area contributed by atoms with Crippen LogP contribution < -0.4 is 15.1 Å². The van der Waals surface area contributed by atoms with Gasteiger partial charge < -0.3 is 20.2 Å². The van der Waals surface area contributed by atoms with Crippen molar-refractivity contribution in [2.24, 2.45) is 0 Å². The molecule has 1 amide bonds. The van der Waals surface area contributed by atoms with Gasteiger partial charge in [0.1, 0.15) is 11.5 Å². The summed E-state index contributed by atoms with van der Waals surface area (Å²) in [5.41, 5.74) is 1.45. The minimum atomic E-state index is -0.945. The Hall–Kier alpha value is -3.16. The second-order valence-electron chi connectivity index (χ2n) is 5.96. The van der Waals surface area contributed by atoms with Gasteiger partial charge in [-0.3, -0.25) is 14.6 Å². The minimum absolute atomic E-state index is 0.0880. The van der Waals surface area contributed by atoms with Crippen LogP contribution in [0, 0.1) is 0 Å². The Morgan fingerprint density at radius 2 is 1.73 bits per heavy atom. The van der Waals surface area contributed by atoms with E-state index in [0.717, 1.165) is 37.7 Å². The Bertz CT molecular complexity index is 760. The van der Waals surface area contributed by atoms with Crippen LogP contribution in [0.4, 0.5) is 11.5 Å². The number of nitrogens with zero attached hydrogens (tertiary/aromatic N) is 4. The van der Waals surface area contributed by atoms with E-state index in [1.54, 1.807) is 24.5 Å². The van der Waals surface area contributed by atoms with Gasteiger partial charge in [-0.2, -0.15) is 0 Å². The highest BCUT2D eigenvalue weighted by Gasteiger charge is 2.19. The average molecular weight is 355 g/mol. The zero-order chi connectivity index (χ0) is 18.4. The predicted molar refractivity (Wildman–Crippen MR) is 97.5 cm³/mol. The fourth-order valence-corrected chi connectivity index (χ4v) is 2.85. The molecule has 0 aromatic carbocycles. The second-order valence-corrected chi connectivity index (χ2v) is 5.96. The lowest BCUT2D eigenvalue weighted by atomic mass is 10.2. The van der Waals surface area contributed by atoms with Crippen LogP contribution in [-0.2, 0) is 4.79 Å². The van der Waals surface area contributed by atoms with Gasteiger partial charge in [0.2, 0.25) is 0 Å². The molecule has 2 aromatic rings. The first kappa shape index (κ1) is 17.7. The smallest absolute Gasteiger partial charge is 0.305 e. The quantitative estimate of drug-likeness (QED) is 0.798. The molecule has 0 spiro atoms. The first-order valence-electron chi connectivity index (χ1n) is 8.50. The van der Waals surface area contributed by atoms with Gasteiger partial charge in [-0.15, -0.1) is 0 Å². The third-order valence-electron chi connectivity index (χ3n) is 4.22. The number of carbonyl (C=O) groups is 2. The monoisotopic (exact) mass is 355 g/mol. The number of amides is 1. The van der Waals surface area contributed by atoms with Crippen molar-refractivity contribution in [1.82, 2.24) is 15.3 Å². The summed E-state index contributed by atoms with van der Waals surface area (Å²) >= 11 is 0. The van der Waals surface area contributed by atoms with Crippen molar-refractivity contribution in [3.05, 3.63) is 48.4 Å². The van der Waals surface area contributed by atoms with E-state index < -0.39 is 5.97 Å². The fourth-order valence-electron chi connectivity index (χ4n) is 2.85. The Kier molecular flexibility index (Phi) is 5.62. The molecule has 8 heteroatoms. The maximum atomic E-state index is 12.1. The van der Waals surface area contributed by atoms with Crippen LogP contribution >= 0.6 is 0 Å². The number of piperazine rings is 1. The lowest BCUT2D eigenvalue weighted by Crippen LogP contribution is -2.47. The molecule has 0 unspecified atom stereocenters. The maximum absolute atomic E-state index is 12.1. The van der Waals surface area contributed by atoms with E-state index in [0.29, 0.717) is 5.69 Å². The van der Waals surface area contributed by atoms with Gasteiger partial charge in [0.05, 0.1) is 6.42 Å². The molecule has 26 heavy (non-hydrogen) atoms. The number of rotatable bonds is 6. The first-order chi connectivity index (χ1) is 12.6. The van der Waals surface area contributed by atoms with Gasteiger partial charge >= 0.3 is 5.97 Å². The van der Waals surface area contributed by atoms with Crippen LogP contribution in [0.25, 0.3) is 0 Å². The standard InChI is InChI=1S/C18H21N5O3/c24-17(25)6-9-20-18(26)15-2-1-3-16(21-15)23-12-10-22(11-13-23)14-4-7-19-8-5-14/h1-5,7-8H,6,9-13H2,(H,20,26)(H,24,25). The lowest BCUT2D eigenvalue weighted by Gasteiger charge is -2.36. The third kappa shape index (κ3) is 4.47. The SMILES string of the molecule is O=C(O)CCNC(=O)c1cccc(N2CCN(c3ccncc3)CC2)n1. The molecule has 1 aliphatic heterocycles. The normalized spacial score (nSPS) is 14.2. The molecule has 3 heterocycles. The fraction of sp³-hybridized carbons (Fsp3) is 0.333. The van der Waals surface area contributed by atoms with Crippen LogP contribution in [0.15, 0.2) is 42.7 Å². The number of nitrogens with one attached hydrogen (secondary N) is 1. The van der Waals surface area contributed by atoms with Crippen LogP contribution in [0.5, 0.6) is 0 Å². The van der Waals surface area contributed by atoms with Crippen molar-refractivity contribution in [2.75, 3.05) is 42.5 Å². The van der Waals surface area contributed by atoms with Crippen LogP contribution in [0.2, 0.25) is 0 Å². The summed E-state index contributed by atoms with van der Waals surface area (Å²) in [7, 11) is 0. The van der Waals surface area contributed by atoms with Crippen LogP contribution in [-0.4, -0.2) is 59.7 Å². The van der Waals surface area contributed by atoms with Crippen LogP contribution in [0.3, 0.4) is 0 Å². The number of aliphatic carboxylic acids is 1. The molecule has 136 valence electrons. The number of pyridine rings is 2. The van der Waals surface area contributed by atoms with Crippen molar-refractivity contribution in [1.29, 1.82) is 0 Å². The Balaban J connectivity index is 1.59. The van der Waals surface area contributed by atoms with Crippen molar-refractivity contribution >= 4 is 23.4 Å². The molecule has 2 aromatic heterocycles. The molecular weight excluding hydrogens is 334 g/mol. The summed E-state index contributed by atoms with van der Waals surface area (Å²) in [6, 6.07) is 9.30. The van der Waals surface area contributed by atoms with E-state index in [2.05, 4.69) is 25.1 Å². The molecule has 0 radical (unpaired) electrons. The average Bonchev–Trinajstić information content (AvgIpc) is 2.68. The van der Waals surface area contributed by atoms with E-state index in [9.17, 15) is 9.59 Å². The number of aromatic nitrogens is 2. The molecule has 0 bridgehead atoms. The minimum Gasteiger partial charge on any atom is -0.481 e. The number of carboxylic acid groups (broad SMARTS) is 1. The number of anilines is 2. The Morgan fingerprint density at radius 3 is 2.42 bits per heavy atom. The number of hydrogen-bond donors (Lipinski definition) is 2. The van der Waals surface area contributed by atoms with E-state index in [1.807, 2.05) is 18.2 Å². The van der Waals surface area contributed by atoms with E-state index in [4.69, 9.17) is 5.11 Å². The molecule has 2 N–H and O–H groups in total. The summed E-state index contributed by atoms with van der Waals surface area (Å²) in [5, 5.41) is 11.2. The van der Waals surface area contributed by atoms with Gasteiger partial charge in [0, 0.05) is 50.8 Å². The molecule has 0 aliphatic carbocycles. The van der Waals surface area contributed by atoms with Crippen molar-refractivity contribution in [2.45, 2.75) is 6.42 Å². The van der Waals surface area contributed by atoms with Gasteiger partial charge in [0.15, 0.2) is 0 Å². The Morgan fingerprint density at radius 1 is 1.04 bits per heavy atom. The number of carboxylic acids is 1. The predicted octanol–water partition coefficient (Wildman–Crippen LogP) is 1.01. The summed E-state index contributed by atoms with van der Waals surface area (Å²) in [4.78, 5) is 35.5. The highest BCUT2D eigenvalue weighted by molar-refractivity contribution is 5.92. The number of carbonyl (C=O) groups excluding carboxylic acids is 1. The summed E-state index contributed by atoms with van der Waals surface area (Å²) in [6.45, 7) is 3.42. The second kappa shape index (κ2) is 8.28. The van der Waals surface area contributed by atoms with Gasteiger partial charge in [0.25, 0.3) is 5.91 Å². The molecule has 1 saturated heterocycles. The van der Waals surface area contributed by atoms with E-state index in [1.165, 1.54) is 0 Å². The lowest BCUT2D eigenvalue weighted by molar-refractivity contribution is -0.136. The first-order valence-corrected chi connectivity index (χ1v) is 8.50. The number of hydrogen-bond acceptors (Lipinski definition) is 6. The van der Waals surface area contributed by atoms with E-state index in [-0.39, 0.29) is 18.9 Å². The zero-order valence-electron chi connectivity index (χ0n) is 14.3. The Labute approximate surface area is 151 Å². The summed E-state index contributed by atoms with van der Waals surface area (Å²) in [5.74, 6) is -0.548. The zero-order valence-corrected chi connectivity index (χ0v) is 14.3. The molecule has 0 atom stereocenters. The van der Waals surface area contributed by atoms with Gasteiger partial charge in [-0.1, -0.05) is 6.07 Å². The topological polar surface area (TPSA) is 98.7 Å². The summed E-state index contributed by atoms with van der Waals surface area (Å²) in [6.07, 6.45) is 3.47. The van der Waals surface area contributed by atoms with E-state index >= 15 is 0 Å². The maximum Gasteiger partial charge on any atom is 0.305 e. The molecule has 0 saturated carbocycles. The molecule has 1 aliphatic rings. The summed E-state index contributed by atoms with van der Waals surface area (Å²) < 4.78 is 0.